The van der Waals surface area contributed by atoms with Crippen LogP contribution in [0.5, 0.6) is 0 Å². The highest BCUT2D eigenvalue weighted by atomic mass is 16.7. The van der Waals surface area contributed by atoms with Crippen molar-refractivity contribution in [3.05, 3.63) is 0 Å². The van der Waals surface area contributed by atoms with E-state index in [1.165, 1.54) is 0 Å². The first-order valence-corrected chi connectivity index (χ1v) is 4.12. The summed E-state index contributed by atoms with van der Waals surface area (Å²) in [6, 6.07) is 0.108. The molecule has 0 bridgehead atoms. The number of rotatable bonds is 2. The lowest BCUT2D eigenvalue weighted by atomic mass is 10.1. The van der Waals surface area contributed by atoms with E-state index < -0.39 is 5.79 Å². The molecule has 0 radical (unpaired) electrons. The molecular weight excluding hydrogens is 142 g/mol. The molecule has 1 fully saturated rings. The second-order valence-corrected chi connectivity index (χ2v) is 3.44. The SMILES string of the molecule is CCC(N)C1COC(C)(C)O1. The average molecular weight is 159 g/mol. The van der Waals surface area contributed by atoms with Gasteiger partial charge in [0.25, 0.3) is 0 Å². The zero-order chi connectivity index (χ0) is 8.48. The molecule has 0 aliphatic carbocycles. The third-order valence-corrected chi connectivity index (χ3v) is 1.98. The van der Waals surface area contributed by atoms with Gasteiger partial charge in [0.1, 0.15) is 0 Å². The van der Waals surface area contributed by atoms with Gasteiger partial charge < -0.3 is 15.2 Å². The monoisotopic (exact) mass is 159 g/mol. The Bertz CT molecular complexity index is 136. The molecule has 0 spiro atoms. The topological polar surface area (TPSA) is 44.5 Å². The fourth-order valence-electron chi connectivity index (χ4n) is 1.19. The summed E-state index contributed by atoms with van der Waals surface area (Å²) in [6.45, 7) is 6.51. The fourth-order valence-corrected chi connectivity index (χ4v) is 1.19. The lowest BCUT2D eigenvalue weighted by Crippen LogP contribution is -2.36. The van der Waals surface area contributed by atoms with Crippen LogP contribution < -0.4 is 5.73 Å². The normalized spacial score (nSPS) is 32.2. The standard InChI is InChI=1S/C8H17NO2/c1-4-6(9)7-5-10-8(2,3)11-7/h6-7H,4-5,9H2,1-3H3. The summed E-state index contributed by atoms with van der Waals surface area (Å²) in [6.07, 6.45) is 1.01. The highest BCUT2D eigenvalue weighted by Gasteiger charge is 2.35. The Hall–Kier alpha value is -0.120. The van der Waals surface area contributed by atoms with Crippen LogP contribution in [0.25, 0.3) is 0 Å². The Kier molecular flexibility index (Phi) is 2.52. The number of hydrogen-bond donors (Lipinski definition) is 1. The van der Waals surface area contributed by atoms with E-state index in [4.69, 9.17) is 15.2 Å². The van der Waals surface area contributed by atoms with Crippen molar-refractivity contribution in [2.24, 2.45) is 5.73 Å². The summed E-state index contributed by atoms with van der Waals surface area (Å²) >= 11 is 0. The molecular formula is C8H17NO2. The average Bonchev–Trinajstić information content (AvgIpc) is 2.29. The lowest BCUT2D eigenvalue weighted by molar-refractivity contribution is -0.140. The van der Waals surface area contributed by atoms with Crippen molar-refractivity contribution in [1.29, 1.82) is 0 Å². The third-order valence-electron chi connectivity index (χ3n) is 1.98. The number of ether oxygens (including phenoxy) is 2. The van der Waals surface area contributed by atoms with Gasteiger partial charge in [-0.05, 0) is 20.3 Å². The largest absolute Gasteiger partial charge is 0.348 e. The van der Waals surface area contributed by atoms with Gasteiger partial charge >= 0.3 is 0 Å². The van der Waals surface area contributed by atoms with Gasteiger partial charge in [0.15, 0.2) is 5.79 Å². The Labute approximate surface area is 67.9 Å². The van der Waals surface area contributed by atoms with Crippen LogP contribution in [0.1, 0.15) is 27.2 Å². The van der Waals surface area contributed by atoms with Gasteiger partial charge in [-0.1, -0.05) is 6.92 Å². The van der Waals surface area contributed by atoms with Crippen molar-refractivity contribution in [3.8, 4) is 0 Å². The highest BCUT2D eigenvalue weighted by Crippen LogP contribution is 2.24. The first kappa shape index (κ1) is 8.97. The van der Waals surface area contributed by atoms with Crippen LogP contribution in [0.2, 0.25) is 0 Å². The first-order chi connectivity index (χ1) is 5.05. The summed E-state index contributed by atoms with van der Waals surface area (Å²) in [5, 5.41) is 0. The smallest absolute Gasteiger partial charge is 0.163 e. The molecule has 0 amide bonds. The Balaban J connectivity index is 2.41. The summed E-state index contributed by atoms with van der Waals surface area (Å²) in [5.41, 5.74) is 5.79. The van der Waals surface area contributed by atoms with Gasteiger partial charge in [-0.2, -0.15) is 0 Å². The summed E-state index contributed by atoms with van der Waals surface area (Å²) < 4.78 is 10.9. The Morgan fingerprint density at radius 2 is 2.27 bits per heavy atom. The molecule has 1 rings (SSSR count). The third kappa shape index (κ3) is 2.15. The second kappa shape index (κ2) is 3.09. The van der Waals surface area contributed by atoms with E-state index in [2.05, 4.69) is 6.92 Å². The molecule has 2 N–H and O–H groups in total. The zero-order valence-corrected chi connectivity index (χ0v) is 7.46. The molecule has 1 heterocycles. The van der Waals surface area contributed by atoms with Crippen LogP contribution in [-0.2, 0) is 9.47 Å². The number of hydrogen-bond acceptors (Lipinski definition) is 3. The van der Waals surface area contributed by atoms with Crippen molar-refractivity contribution < 1.29 is 9.47 Å². The van der Waals surface area contributed by atoms with E-state index in [9.17, 15) is 0 Å². The molecule has 1 saturated heterocycles. The Morgan fingerprint density at radius 3 is 2.64 bits per heavy atom. The van der Waals surface area contributed by atoms with Crippen molar-refractivity contribution in [3.63, 3.8) is 0 Å². The van der Waals surface area contributed by atoms with E-state index in [0.717, 1.165) is 6.42 Å². The summed E-state index contributed by atoms with van der Waals surface area (Å²) in [4.78, 5) is 0. The maximum atomic E-state index is 5.79. The molecule has 11 heavy (non-hydrogen) atoms. The highest BCUT2D eigenvalue weighted by molar-refractivity contribution is 4.79. The van der Waals surface area contributed by atoms with Crippen LogP contribution in [0.4, 0.5) is 0 Å². The minimum atomic E-state index is -0.433. The van der Waals surface area contributed by atoms with Gasteiger partial charge in [0.05, 0.1) is 12.7 Å². The predicted molar refractivity (Wildman–Crippen MR) is 43.2 cm³/mol. The molecule has 0 saturated carbocycles. The van der Waals surface area contributed by atoms with Gasteiger partial charge in [-0.25, -0.2) is 0 Å². The Morgan fingerprint density at radius 1 is 1.64 bits per heavy atom. The maximum absolute atomic E-state index is 5.79. The maximum Gasteiger partial charge on any atom is 0.163 e. The van der Waals surface area contributed by atoms with Gasteiger partial charge in [-0.3, -0.25) is 0 Å². The molecule has 2 atom stereocenters. The zero-order valence-electron chi connectivity index (χ0n) is 7.46. The summed E-state index contributed by atoms with van der Waals surface area (Å²) in [7, 11) is 0. The minimum absolute atomic E-state index is 0.0787. The van der Waals surface area contributed by atoms with Gasteiger partial charge in [0.2, 0.25) is 0 Å². The minimum Gasteiger partial charge on any atom is -0.348 e. The van der Waals surface area contributed by atoms with Crippen LogP contribution >= 0.6 is 0 Å². The molecule has 2 unspecified atom stereocenters. The van der Waals surface area contributed by atoms with E-state index >= 15 is 0 Å². The molecule has 3 heteroatoms. The molecule has 0 aromatic rings. The molecule has 66 valence electrons. The lowest BCUT2D eigenvalue weighted by Gasteiger charge is -2.19. The van der Waals surface area contributed by atoms with Crippen LogP contribution in [-0.4, -0.2) is 24.5 Å². The van der Waals surface area contributed by atoms with Crippen molar-refractivity contribution in [2.45, 2.75) is 45.1 Å². The molecule has 3 nitrogen and oxygen atoms in total. The summed E-state index contributed by atoms with van der Waals surface area (Å²) in [5.74, 6) is -0.433. The molecule has 0 aromatic heterocycles. The van der Waals surface area contributed by atoms with Crippen LogP contribution in [0.3, 0.4) is 0 Å². The van der Waals surface area contributed by atoms with Gasteiger partial charge in [0, 0.05) is 6.04 Å². The second-order valence-electron chi connectivity index (χ2n) is 3.44. The van der Waals surface area contributed by atoms with Crippen LogP contribution in [0.15, 0.2) is 0 Å². The number of nitrogens with two attached hydrogens (primary N) is 1. The molecule has 1 aliphatic heterocycles. The predicted octanol–water partition coefficient (Wildman–Crippen LogP) is 0.875. The van der Waals surface area contributed by atoms with E-state index in [1.807, 2.05) is 13.8 Å². The molecule has 1 aliphatic rings. The van der Waals surface area contributed by atoms with E-state index in [1.54, 1.807) is 0 Å². The van der Waals surface area contributed by atoms with Gasteiger partial charge in [-0.15, -0.1) is 0 Å². The van der Waals surface area contributed by atoms with Crippen molar-refractivity contribution in [1.82, 2.24) is 0 Å². The van der Waals surface area contributed by atoms with Crippen molar-refractivity contribution in [2.75, 3.05) is 6.61 Å². The first-order valence-electron chi connectivity index (χ1n) is 4.12. The van der Waals surface area contributed by atoms with Crippen LogP contribution in [0, 0.1) is 0 Å². The van der Waals surface area contributed by atoms with E-state index in [-0.39, 0.29) is 12.1 Å². The van der Waals surface area contributed by atoms with E-state index in [0.29, 0.717) is 6.61 Å². The molecule has 0 aromatic carbocycles. The van der Waals surface area contributed by atoms with Crippen molar-refractivity contribution >= 4 is 0 Å². The fraction of sp³-hybridized carbons (Fsp3) is 1.00. The quantitative estimate of drug-likeness (QED) is 0.650.